The molecular formula is C13H15BrClF2NO. The lowest BCUT2D eigenvalue weighted by molar-refractivity contribution is 0.0783. The number of alkyl halides is 1. The van der Waals surface area contributed by atoms with Gasteiger partial charge in [-0.15, -0.1) is 11.6 Å². The Morgan fingerprint density at radius 1 is 1.26 bits per heavy atom. The number of nitrogens with zero attached hydrogens (tertiary/aromatic N) is 1. The van der Waals surface area contributed by atoms with E-state index in [1.807, 2.05) is 0 Å². The third-order valence-electron chi connectivity index (χ3n) is 2.69. The summed E-state index contributed by atoms with van der Waals surface area (Å²) < 4.78 is 27.5. The Balaban J connectivity index is 2.72. The van der Waals surface area contributed by atoms with Gasteiger partial charge in [0.05, 0.1) is 0 Å². The van der Waals surface area contributed by atoms with E-state index in [4.69, 9.17) is 11.6 Å². The molecule has 1 aromatic rings. The second kappa shape index (κ2) is 7.80. The number of halogens is 4. The van der Waals surface area contributed by atoms with Gasteiger partial charge >= 0.3 is 0 Å². The van der Waals surface area contributed by atoms with Crippen LogP contribution in [0.25, 0.3) is 0 Å². The fourth-order valence-corrected chi connectivity index (χ4v) is 2.25. The molecule has 19 heavy (non-hydrogen) atoms. The fourth-order valence-electron chi connectivity index (χ4n) is 1.66. The van der Waals surface area contributed by atoms with Gasteiger partial charge in [-0.1, -0.05) is 22.4 Å². The van der Waals surface area contributed by atoms with Crippen LogP contribution in [0.2, 0.25) is 0 Å². The third kappa shape index (κ3) is 4.73. The molecular weight excluding hydrogens is 340 g/mol. The van der Waals surface area contributed by atoms with Crippen LogP contribution < -0.4 is 0 Å². The zero-order valence-corrected chi connectivity index (χ0v) is 12.9. The van der Waals surface area contributed by atoms with Crippen molar-refractivity contribution in [2.45, 2.75) is 19.3 Å². The average molecular weight is 355 g/mol. The van der Waals surface area contributed by atoms with Gasteiger partial charge in [-0.3, -0.25) is 4.79 Å². The van der Waals surface area contributed by atoms with Gasteiger partial charge < -0.3 is 4.90 Å². The zero-order valence-electron chi connectivity index (χ0n) is 10.6. The van der Waals surface area contributed by atoms with E-state index in [0.29, 0.717) is 12.4 Å². The minimum Gasteiger partial charge on any atom is -0.342 e. The minimum atomic E-state index is -0.857. The predicted molar refractivity (Wildman–Crippen MR) is 75.6 cm³/mol. The van der Waals surface area contributed by atoms with Crippen molar-refractivity contribution in [2.75, 3.05) is 19.5 Å². The first-order valence-corrected chi connectivity index (χ1v) is 7.26. The van der Waals surface area contributed by atoms with Crippen LogP contribution in [0.5, 0.6) is 0 Å². The summed E-state index contributed by atoms with van der Waals surface area (Å²) in [6.07, 6.45) is 2.51. The van der Waals surface area contributed by atoms with E-state index in [0.717, 1.165) is 31.4 Å². The molecule has 0 aromatic heterocycles. The van der Waals surface area contributed by atoms with Gasteiger partial charge in [0, 0.05) is 23.9 Å². The molecule has 0 aliphatic heterocycles. The smallest absolute Gasteiger partial charge is 0.259 e. The SMILES string of the molecule is CN(CCCCCCl)C(=O)c1c(F)cc(Br)cc1F. The molecule has 106 valence electrons. The van der Waals surface area contributed by atoms with Crippen molar-refractivity contribution in [1.82, 2.24) is 4.90 Å². The van der Waals surface area contributed by atoms with Crippen LogP contribution in [0.15, 0.2) is 16.6 Å². The molecule has 1 aromatic carbocycles. The van der Waals surface area contributed by atoms with Crippen LogP contribution in [-0.2, 0) is 0 Å². The zero-order chi connectivity index (χ0) is 14.4. The van der Waals surface area contributed by atoms with E-state index in [1.54, 1.807) is 0 Å². The average Bonchev–Trinajstić information content (AvgIpc) is 2.33. The lowest BCUT2D eigenvalue weighted by atomic mass is 10.1. The quantitative estimate of drug-likeness (QED) is 0.553. The van der Waals surface area contributed by atoms with E-state index < -0.39 is 23.1 Å². The fraction of sp³-hybridized carbons (Fsp3) is 0.462. The molecule has 0 fully saturated rings. The van der Waals surface area contributed by atoms with Gasteiger partial charge in [-0.2, -0.15) is 0 Å². The van der Waals surface area contributed by atoms with Crippen molar-refractivity contribution in [3.63, 3.8) is 0 Å². The van der Waals surface area contributed by atoms with Crippen LogP contribution in [0, 0.1) is 11.6 Å². The first kappa shape index (κ1) is 16.4. The number of unbranched alkanes of at least 4 members (excludes halogenated alkanes) is 2. The number of carbonyl (C=O) groups excluding carboxylic acids is 1. The Labute approximate surface area is 124 Å². The molecule has 0 radical (unpaired) electrons. The lowest BCUT2D eigenvalue weighted by Gasteiger charge is -2.18. The highest BCUT2D eigenvalue weighted by Crippen LogP contribution is 2.20. The van der Waals surface area contributed by atoms with Gasteiger partial charge in [-0.25, -0.2) is 8.78 Å². The standard InChI is InChI=1S/C13H15BrClF2NO/c1-18(6-4-2-3-5-15)13(19)12-10(16)7-9(14)8-11(12)17/h7-8H,2-6H2,1H3. The highest BCUT2D eigenvalue weighted by Gasteiger charge is 2.21. The van der Waals surface area contributed by atoms with Gasteiger partial charge in [0.15, 0.2) is 0 Å². The second-order valence-electron chi connectivity index (χ2n) is 4.22. The van der Waals surface area contributed by atoms with E-state index in [1.165, 1.54) is 11.9 Å². The van der Waals surface area contributed by atoms with Crippen LogP contribution >= 0.6 is 27.5 Å². The molecule has 0 aliphatic carbocycles. The summed E-state index contributed by atoms with van der Waals surface area (Å²) in [5, 5.41) is 0. The van der Waals surface area contributed by atoms with Gasteiger partial charge in [0.2, 0.25) is 0 Å². The van der Waals surface area contributed by atoms with Crippen molar-refractivity contribution < 1.29 is 13.6 Å². The van der Waals surface area contributed by atoms with Gasteiger partial charge in [0.1, 0.15) is 17.2 Å². The first-order chi connectivity index (χ1) is 8.97. The van der Waals surface area contributed by atoms with Gasteiger partial charge in [-0.05, 0) is 25.0 Å². The lowest BCUT2D eigenvalue weighted by Crippen LogP contribution is -2.29. The molecule has 1 amide bonds. The van der Waals surface area contributed by atoms with Crippen molar-refractivity contribution in [3.05, 3.63) is 33.8 Å². The van der Waals surface area contributed by atoms with E-state index in [2.05, 4.69) is 15.9 Å². The topological polar surface area (TPSA) is 20.3 Å². The molecule has 0 N–H and O–H groups in total. The Morgan fingerprint density at radius 3 is 2.37 bits per heavy atom. The summed E-state index contributed by atoms with van der Waals surface area (Å²) in [5.41, 5.74) is -0.511. The van der Waals surface area contributed by atoms with Crippen LogP contribution in [0.4, 0.5) is 8.78 Å². The summed E-state index contributed by atoms with van der Waals surface area (Å²) >= 11 is 8.52. The molecule has 0 bridgehead atoms. The van der Waals surface area contributed by atoms with E-state index >= 15 is 0 Å². The Hall–Kier alpha value is -0.680. The number of amides is 1. The summed E-state index contributed by atoms with van der Waals surface area (Å²) in [7, 11) is 1.53. The highest BCUT2D eigenvalue weighted by atomic mass is 79.9. The van der Waals surface area contributed by atoms with Gasteiger partial charge in [0.25, 0.3) is 5.91 Å². The van der Waals surface area contributed by atoms with Crippen LogP contribution in [-0.4, -0.2) is 30.3 Å². The normalized spacial score (nSPS) is 10.6. The largest absolute Gasteiger partial charge is 0.342 e. The monoisotopic (exact) mass is 353 g/mol. The molecule has 1 rings (SSSR count). The number of hydrogen-bond acceptors (Lipinski definition) is 1. The molecule has 0 spiro atoms. The molecule has 0 heterocycles. The molecule has 6 heteroatoms. The molecule has 0 aliphatic rings. The molecule has 0 saturated carbocycles. The second-order valence-corrected chi connectivity index (χ2v) is 5.51. The van der Waals surface area contributed by atoms with Crippen LogP contribution in [0.3, 0.4) is 0 Å². The number of hydrogen-bond donors (Lipinski definition) is 0. The minimum absolute atomic E-state index is 0.267. The van der Waals surface area contributed by atoms with Crippen LogP contribution in [0.1, 0.15) is 29.6 Å². The summed E-state index contributed by atoms with van der Waals surface area (Å²) in [4.78, 5) is 13.3. The Bertz CT molecular complexity index is 433. The first-order valence-electron chi connectivity index (χ1n) is 5.93. The Kier molecular flexibility index (Phi) is 6.72. The Morgan fingerprint density at radius 2 is 1.84 bits per heavy atom. The third-order valence-corrected chi connectivity index (χ3v) is 3.42. The van der Waals surface area contributed by atoms with Crippen molar-refractivity contribution in [1.29, 1.82) is 0 Å². The molecule has 0 atom stereocenters. The summed E-state index contributed by atoms with van der Waals surface area (Å²) in [6, 6.07) is 2.16. The molecule has 0 unspecified atom stereocenters. The van der Waals surface area contributed by atoms with E-state index in [9.17, 15) is 13.6 Å². The van der Waals surface area contributed by atoms with E-state index in [-0.39, 0.29) is 4.47 Å². The predicted octanol–water partition coefficient (Wildman–Crippen LogP) is 4.21. The van der Waals surface area contributed by atoms with Crippen molar-refractivity contribution in [2.24, 2.45) is 0 Å². The molecule has 2 nitrogen and oxygen atoms in total. The number of benzene rings is 1. The maximum atomic E-state index is 13.6. The highest BCUT2D eigenvalue weighted by molar-refractivity contribution is 9.10. The number of rotatable bonds is 6. The van der Waals surface area contributed by atoms with Crippen molar-refractivity contribution in [3.8, 4) is 0 Å². The maximum absolute atomic E-state index is 13.6. The summed E-state index contributed by atoms with van der Waals surface area (Å²) in [6.45, 7) is 0.449. The van der Waals surface area contributed by atoms with Crippen molar-refractivity contribution >= 4 is 33.4 Å². The maximum Gasteiger partial charge on any atom is 0.259 e. The summed E-state index contributed by atoms with van der Waals surface area (Å²) in [5.74, 6) is -1.78. The number of carbonyl (C=O) groups is 1. The molecule has 0 saturated heterocycles.